The van der Waals surface area contributed by atoms with Crippen LogP contribution in [0.15, 0.2) is 24.3 Å². The minimum Gasteiger partial charge on any atom is -0.479 e. The Morgan fingerprint density at radius 3 is 2.50 bits per heavy atom. The van der Waals surface area contributed by atoms with Crippen LogP contribution in [0.25, 0.3) is 0 Å². The number of ether oxygens (including phenoxy) is 1. The molecule has 1 heterocycles. The normalized spacial score (nSPS) is 17.0. The number of carbonyl (C=O) groups is 2. The highest BCUT2D eigenvalue weighted by atomic mass is 16.5. The van der Waals surface area contributed by atoms with Gasteiger partial charge < -0.3 is 9.64 Å². The van der Waals surface area contributed by atoms with E-state index in [-0.39, 0.29) is 18.4 Å². The zero-order valence-electron chi connectivity index (χ0n) is 13.5. The van der Waals surface area contributed by atoms with Crippen molar-refractivity contribution >= 4 is 17.5 Å². The van der Waals surface area contributed by atoms with Crippen LogP contribution in [-0.2, 0) is 9.59 Å². The molecule has 0 aromatic heterocycles. The Labute approximate surface area is 131 Å². The van der Waals surface area contributed by atoms with Gasteiger partial charge in [-0.25, -0.2) is 0 Å². The van der Waals surface area contributed by atoms with Crippen LogP contribution >= 0.6 is 0 Å². The van der Waals surface area contributed by atoms with Crippen molar-refractivity contribution in [3.05, 3.63) is 24.3 Å². The van der Waals surface area contributed by atoms with Crippen LogP contribution in [0.3, 0.4) is 0 Å². The van der Waals surface area contributed by atoms with Crippen LogP contribution in [0, 0.1) is 0 Å². The maximum absolute atomic E-state index is 12.5. The summed E-state index contributed by atoms with van der Waals surface area (Å²) in [6, 6.07) is 7.35. The summed E-state index contributed by atoms with van der Waals surface area (Å²) in [5.41, 5.74) is 0.673. The summed E-state index contributed by atoms with van der Waals surface area (Å²) in [6.45, 7) is 7.33. The molecule has 0 saturated carbocycles. The summed E-state index contributed by atoms with van der Waals surface area (Å²) >= 11 is 0. The lowest BCUT2D eigenvalue weighted by Crippen LogP contribution is -2.49. The van der Waals surface area contributed by atoms with Crippen LogP contribution in [-0.4, -0.2) is 42.5 Å². The van der Waals surface area contributed by atoms with Gasteiger partial charge in [0.15, 0.2) is 6.10 Å². The highest BCUT2D eigenvalue weighted by Crippen LogP contribution is 2.33. The lowest BCUT2D eigenvalue weighted by molar-refractivity contribution is -0.133. The minimum absolute atomic E-state index is 0.0130. The first-order valence-corrected chi connectivity index (χ1v) is 7.93. The molecule has 1 aromatic carbocycles. The van der Waals surface area contributed by atoms with E-state index in [9.17, 15) is 9.59 Å². The highest BCUT2D eigenvalue weighted by molar-refractivity contribution is 6.03. The van der Waals surface area contributed by atoms with Crippen molar-refractivity contribution in [3.8, 4) is 5.75 Å². The molecule has 1 aliphatic rings. The second-order valence-electron chi connectivity index (χ2n) is 5.53. The SMILES string of the molecule is CCCN(CCC)C(=O)CN1C(=O)C(C)Oc2ccccc21. The molecular formula is C17H24N2O3. The molecule has 0 saturated heterocycles. The molecule has 0 N–H and O–H groups in total. The van der Waals surface area contributed by atoms with Gasteiger partial charge in [-0.1, -0.05) is 26.0 Å². The van der Waals surface area contributed by atoms with Crippen LogP contribution in [0.5, 0.6) is 5.75 Å². The average Bonchev–Trinajstić information content (AvgIpc) is 2.51. The van der Waals surface area contributed by atoms with Gasteiger partial charge in [0, 0.05) is 13.1 Å². The Kier molecular flexibility index (Phi) is 5.41. The lowest BCUT2D eigenvalue weighted by Gasteiger charge is -2.34. The largest absolute Gasteiger partial charge is 0.479 e. The zero-order valence-corrected chi connectivity index (χ0v) is 13.5. The molecule has 120 valence electrons. The maximum Gasteiger partial charge on any atom is 0.268 e. The number of para-hydroxylation sites is 2. The van der Waals surface area contributed by atoms with Crippen LogP contribution in [0.4, 0.5) is 5.69 Å². The molecule has 1 atom stereocenters. The van der Waals surface area contributed by atoms with E-state index < -0.39 is 6.10 Å². The minimum atomic E-state index is -0.562. The fraction of sp³-hybridized carbons (Fsp3) is 0.529. The predicted molar refractivity (Wildman–Crippen MR) is 86.0 cm³/mol. The zero-order chi connectivity index (χ0) is 16.1. The number of hydrogen-bond acceptors (Lipinski definition) is 3. The van der Waals surface area contributed by atoms with Crippen LogP contribution < -0.4 is 9.64 Å². The molecule has 0 bridgehead atoms. The Balaban J connectivity index is 2.20. The van der Waals surface area contributed by atoms with E-state index in [2.05, 4.69) is 0 Å². The van der Waals surface area contributed by atoms with Crippen molar-refractivity contribution in [2.75, 3.05) is 24.5 Å². The number of anilines is 1. The Bertz CT molecular complexity index is 538. The van der Waals surface area contributed by atoms with Crippen molar-refractivity contribution in [2.45, 2.75) is 39.7 Å². The van der Waals surface area contributed by atoms with Crippen molar-refractivity contribution in [1.82, 2.24) is 4.90 Å². The van der Waals surface area contributed by atoms with Crippen LogP contribution in [0.1, 0.15) is 33.6 Å². The molecule has 1 unspecified atom stereocenters. The van der Waals surface area contributed by atoms with Gasteiger partial charge in [0.25, 0.3) is 5.91 Å². The third-order valence-electron chi connectivity index (χ3n) is 3.71. The van der Waals surface area contributed by atoms with Gasteiger partial charge in [-0.3, -0.25) is 14.5 Å². The quantitative estimate of drug-likeness (QED) is 0.811. The van der Waals surface area contributed by atoms with E-state index in [4.69, 9.17) is 4.74 Å². The number of fused-ring (bicyclic) bond motifs is 1. The molecule has 1 aliphatic heterocycles. The number of amides is 2. The van der Waals surface area contributed by atoms with Gasteiger partial charge in [0.1, 0.15) is 12.3 Å². The van der Waals surface area contributed by atoms with E-state index in [1.807, 2.05) is 43.0 Å². The summed E-state index contributed by atoms with van der Waals surface area (Å²) in [6.07, 6.45) is 1.26. The topological polar surface area (TPSA) is 49.9 Å². The summed E-state index contributed by atoms with van der Waals surface area (Å²) in [7, 11) is 0. The van der Waals surface area contributed by atoms with Crippen molar-refractivity contribution in [3.63, 3.8) is 0 Å². The number of benzene rings is 1. The third-order valence-corrected chi connectivity index (χ3v) is 3.71. The molecule has 22 heavy (non-hydrogen) atoms. The first kappa shape index (κ1) is 16.3. The molecule has 0 fully saturated rings. The van der Waals surface area contributed by atoms with Crippen molar-refractivity contribution in [2.24, 2.45) is 0 Å². The Hall–Kier alpha value is -2.04. The van der Waals surface area contributed by atoms with Gasteiger partial charge in [-0.15, -0.1) is 0 Å². The summed E-state index contributed by atoms with van der Waals surface area (Å²) < 4.78 is 5.60. The molecule has 1 aromatic rings. The Morgan fingerprint density at radius 1 is 1.23 bits per heavy atom. The first-order chi connectivity index (χ1) is 10.6. The molecule has 5 nitrogen and oxygen atoms in total. The molecule has 0 radical (unpaired) electrons. The van der Waals surface area contributed by atoms with E-state index in [0.717, 1.165) is 25.9 Å². The Morgan fingerprint density at radius 2 is 1.86 bits per heavy atom. The van der Waals surface area contributed by atoms with Crippen molar-refractivity contribution in [1.29, 1.82) is 0 Å². The van der Waals surface area contributed by atoms with E-state index >= 15 is 0 Å². The number of rotatable bonds is 6. The molecular weight excluding hydrogens is 280 g/mol. The van der Waals surface area contributed by atoms with Gasteiger partial charge in [-0.05, 0) is 31.9 Å². The van der Waals surface area contributed by atoms with Gasteiger partial charge in [-0.2, -0.15) is 0 Å². The second-order valence-corrected chi connectivity index (χ2v) is 5.53. The molecule has 2 rings (SSSR count). The first-order valence-electron chi connectivity index (χ1n) is 7.93. The average molecular weight is 304 g/mol. The highest BCUT2D eigenvalue weighted by Gasteiger charge is 2.33. The fourth-order valence-electron chi connectivity index (χ4n) is 2.66. The monoisotopic (exact) mass is 304 g/mol. The molecule has 0 spiro atoms. The third kappa shape index (κ3) is 3.40. The molecule has 5 heteroatoms. The second kappa shape index (κ2) is 7.29. The number of nitrogens with zero attached hydrogens (tertiary/aromatic N) is 2. The molecule has 2 amide bonds. The summed E-state index contributed by atoms with van der Waals surface area (Å²) in [5.74, 6) is 0.473. The van der Waals surface area contributed by atoms with E-state index in [1.54, 1.807) is 11.8 Å². The predicted octanol–water partition coefficient (Wildman–Crippen LogP) is 2.45. The van der Waals surface area contributed by atoms with E-state index in [0.29, 0.717) is 11.4 Å². The summed E-state index contributed by atoms with van der Waals surface area (Å²) in [5, 5.41) is 0. The van der Waals surface area contributed by atoms with E-state index in [1.165, 1.54) is 0 Å². The standard InChI is InChI=1S/C17H24N2O3/c1-4-10-18(11-5-2)16(20)12-19-14-8-6-7-9-15(14)22-13(3)17(19)21/h6-9,13H,4-5,10-12H2,1-3H3. The number of hydrogen-bond donors (Lipinski definition) is 0. The number of carbonyl (C=O) groups excluding carboxylic acids is 2. The van der Waals surface area contributed by atoms with Crippen molar-refractivity contribution < 1.29 is 14.3 Å². The maximum atomic E-state index is 12.5. The van der Waals surface area contributed by atoms with Crippen LogP contribution in [0.2, 0.25) is 0 Å². The molecule has 0 aliphatic carbocycles. The van der Waals surface area contributed by atoms with Gasteiger partial charge in [0.2, 0.25) is 5.91 Å². The van der Waals surface area contributed by atoms with Gasteiger partial charge in [0.05, 0.1) is 5.69 Å². The lowest BCUT2D eigenvalue weighted by atomic mass is 10.2. The fourth-order valence-corrected chi connectivity index (χ4v) is 2.66. The summed E-state index contributed by atoms with van der Waals surface area (Å²) in [4.78, 5) is 28.3. The smallest absolute Gasteiger partial charge is 0.268 e. The van der Waals surface area contributed by atoms with Gasteiger partial charge >= 0.3 is 0 Å².